The summed E-state index contributed by atoms with van der Waals surface area (Å²) in [6.07, 6.45) is -0.00620. The van der Waals surface area contributed by atoms with Crippen LogP contribution in [0.4, 0.5) is 5.13 Å². The van der Waals surface area contributed by atoms with Crippen LogP contribution in [-0.2, 0) is 11.3 Å². The summed E-state index contributed by atoms with van der Waals surface area (Å²) in [4.78, 5) is 17.8. The van der Waals surface area contributed by atoms with Crippen molar-refractivity contribution in [1.82, 2.24) is 9.88 Å². The van der Waals surface area contributed by atoms with Crippen LogP contribution in [-0.4, -0.2) is 41.6 Å². The summed E-state index contributed by atoms with van der Waals surface area (Å²) >= 11 is 1.44. The Balaban J connectivity index is 1.57. The zero-order valence-electron chi connectivity index (χ0n) is 13.8. The first-order valence-electron chi connectivity index (χ1n) is 7.97. The number of hydrogen-bond acceptors (Lipinski definition) is 6. The van der Waals surface area contributed by atoms with Crippen molar-refractivity contribution in [3.05, 3.63) is 35.3 Å². The first-order chi connectivity index (χ1) is 11.6. The molecule has 2 heterocycles. The number of hydrogen-bond donors (Lipinski definition) is 1. The van der Waals surface area contributed by atoms with Gasteiger partial charge in [-0.25, -0.2) is 4.98 Å². The molecule has 0 spiro atoms. The van der Waals surface area contributed by atoms with Gasteiger partial charge in [0.1, 0.15) is 12.7 Å². The van der Waals surface area contributed by atoms with Gasteiger partial charge in [0.25, 0.3) is 0 Å². The molecule has 1 atom stereocenters. The SMILES string of the molecule is CCN(Cc1csc(NC(C)=O)n1)CC1COc2ccccc2O1. The number of carbonyl (C=O) groups excluding carboxylic acids is 1. The second-order valence-corrected chi connectivity index (χ2v) is 6.51. The van der Waals surface area contributed by atoms with Crippen LogP contribution >= 0.6 is 11.3 Å². The van der Waals surface area contributed by atoms with E-state index < -0.39 is 0 Å². The van der Waals surface area contributed by atoms with Crippen molar-refractivity contribution in [2.24, 2.45) is 0 Å². The molecular weight excluding hydrogens is 326 g/mol. The maximum atomic E-state index is 11.1. The Morgan fingerprint density at radius 2 is 2.21 bits per heavy atom. The number of aromatic nitrogens is 1. The zero-order valence-corrected chi connectivity index (χ0v) is 14.6. The third-order valence-corrected chi connectivity index (χ3v) is 4.50. The van der Waals surface area contributed by atoms with E-state index >= 15 is 0 Å². The Morgan fingerprint density at radius 3 is 2.96 bits per heavy atom. The van der Waals surface area contributed by atoms with Crippen LogP contribution in [0.1, 0.15) is 19.5 Å². The van der Waals surface area contributed by atoms with Crippen LogP contribution in [0.25, 0.3) is 0 Å². The quantitative estimate of drug-likeness (QED) is 0.870. The van der Waals surface area contributed by atoms with Gasteiger partial charge < -0.3 is 14.8 Å². The molecule has 1 N–H and O–H groups in total. The highest BCUT2D eigenvalue weighted by Gasteiger charge is 2.23. The summed E-state index contributed by atoms with van der Waals surface area (Å²) in [5.74, 6) is 1.50. The van der Waals surface area contributed by atoms with Gasteiger partial charge in [-0.3, -0.25) is 9.69 Å². The summed E-state index contributed by atoms with van der Waals surface area (Å²) in [6.45, 7) is 6.50. The molecule has 1 aliphatic rings. The van der Waals surface area contributed by atoms with Crippen LogP contribution in [0.2, 0.25) is 0 Å². The van der Waals surface area contributed by atoms with Gasteiger partial charge in [-0.1, -0.05) is 19.1 Å². The van der Waals surface area contributed by atoms with Gasteiger partial charge in [0.15, 0.2) is 16.6 Å². The van der Waals surface area contributed by atoms with Gasteiger partial charge in [0.05, 0.1) is 5.69 Å². The highest BCUT2D eigenvalue weighted by molar-refractivity contribution is 7.13. The van der Waals surface area contributed by atoms with Crippen molar-refractivity contribution in [1.29, 1.82) is 0 Å². The Labute approximate surface area is 145 Å². The lowest BCUT2D eigenvalue weighted by Crippen LogP contribution is -2.40. The van der Waals surface area contributed by atoms with E-state index in [1.165, 1.54) is 18.3 Å². The van der Waals surface area contributed by atoms with E-state index in [2.05, 4.69) is 22.1 Å². The van der Waals surface area contributed by atoms with Crippen LogP contribution in [0, 0.1) is 0 Å². The summed E-state index contributed by atoms with van der Waals surface area (Å²) in [7, 11) is 0. The van der Waals surface area contributed by atoms with E-state index in [0.29, 0.717) is 18.3 Å². The van der Waals surface area contributed by atoms with Crippen LogP contribution in [0.3, 0.4) is 0 Å². The number of likely N-dealkylation sites (N-methyl/N-ethyl adjacent to an activating group) is 1. The average molecular weight is 347 g/mol. The number of nitrogens with one attached hydrogen (secondary N) is 1. The number of thiazole rings is 1. The molecule has 0 saturated carbocycles. The molecule has 0 saturated heterocycles. The van der Waals surface area contributed by atoms with Crippen molar-refractivity contribution in [3.63, 3.8) is 0 Å². The normalized spacial score (nSPS) is 16.2. The minimum Gasteiger partial charge on any atom is -0.486 e. The van der Waals surface area contributed by atoms with E-state index in [1.807, 2.05) is 29.6 Å². The van der Waals surface area contributed by atoms with Crippen molar-refractivity contribution in [3.8, 4) is 11.5 Å². The Kier molecular flexibility index (Phi) is 5.32. The second kappa shape index (κ2) is 7.63. The molecule has 2 aromatic rings. The summed E-state index contributed by atoms with van der Waals surface area (Å²) < 4.78 is 11.8. The van der Waals surface area contributed by atoms with E-state index in [-0.39, 0.29) is 12.0 Å². The molecule has 1 aromatic carbocycles. The smallest absolute Gasteiger partial charge is 0.223 e. The van der Waals surface area contributed by atoms with Crippen molar-refractivity contribution >= 4 is 22.4 Å². The maximum Gasteiger partial charge on any atom is 0.223 e. The monoisotopic (exact) mass is 347 g/mol. The maximum absolute atomic E-state index is 11.1. The molecule has 1 aliphatic heterocycles. The molecule has 1 unspecified atom stereocenters. The molecule has 0 fully saturated rings. The Morgan fingerprint density at radius 1 is 1.42 bits per heavy atom. The second-order valence-electron chi connectivity index (χ2n) is 5.65. The summed E-state index contributed by atoms with van der Waals surface area (Å²) in [5.41, 5.74) is 0.947. The topological polar surface area (TPSA) is 63.7 Å². The molecule has 1 amide bonds. The van der Waals surface area contributed by atoms with Gasteiger partial charge in [-0.15, -0.1) is 11.3 Å². The minimum absolute atomic E-state index is 0.00620. The van der Waals surface area contributed by atoms with E-state index in [9.17, 15) is 4.79 Å². The van der Waals surface area contributed by atoms with E-state index in [0.717, 1.165) is 30.3 Å². The molecule has 0 aliphatic carbocycles. The predicted molar refractivity (Wildman–Crippen MR) is 93.7 cm³/mol. The molecule has 128 valence electrons. The summed E-state index contributed by atoms with van der Waals surface area (Å²) in [6, 6.07) is 7.73. The van der Waals surface area contributed by atoms with Crippen molar-refractivity contribution in [2.45, 2.75) is 26.5 Å². The van der Waals surface area contributed by atoms with Crippen molar-refractivity contribution in [2.75, 3.05) is 25.0 Å². The molecule has 6 nitrogen and oxygen atoms in total. The number of rotatable bonds is 6. The van der Waals surface area contributed by atoms with Gasteiger partial charge in [0, 0.05) is 25.4 Å². The fraction of sp³-hybridized carbons (Fsp3) is 0.412. The molecule has 0 bridgehead atoms. The van der Waals surface area contributed by atoms with E-state index in [4.69, 9.17) is 9.47 Å². The summed E-state index contributed by atoms with van der Waals surface area (Å²) in [5, 5.41) is 5.33. The highest BCUT2D eigenvalue weighted by atomic mass is 32.1. The molecule has 3 rings (SSSR count). The number of carbonyl (C=O) groups is 1. The van der Waals surface area contributed by atoms with E-state index in [1.54, 1.807) is 0 Å². The Bertz CT molecular complexity index is 704. The zero-order chi connectivity index (χ0) is 16.9. The fourth-order valence-electron chi connectivity index (χ4n) is 2.56. The predicted octanol–water partition coefficient (Wildman–Crippen LogP) is 2.76. The van der Waals surface area contributed by atoms with Gasteiger partial charge in [-0.05, 0) is 18.7 Å². The first-order valence-corrected chi connectivity index (χ1v) is 8.85. The van der Waals surface area contributed by atoms with Gasteiger partial charge >= 0.3 is 0 Å². The molecule has 24 heavy (non-hydrogen) atoms. The molecule has 7 heteroatoms. The number of benzene rings is 1. The average Bonchev–Trinajstić information content (AvgIpc) is 3.00. The highest BCUT2D eigenvalue weighted by Crippen LogP contribution is 2.31. The van der Waals surface area contributed by atoms with Crippen molar-refractivity contribution < 1.29 is 14.3 Å². The number of fused-ring (bicyclic) bond motifs is 1. The third kappa shape index (κ3) is 4.24. The van der Waals surface area contributed by atoms with Crippen LogP contribution in [0.15, 0.2) is 29.6 Å². The fourth-order valence-corrected chi connectivity index (χ4v) is 3.31. The van der Waals surface area contributed by atoms with Gasteiger partial charge in [-0.2, -0.15) is 0 Å². The van der Waals surface area contributed by atoms with Gasteiger partial charge in [0.2, 0.25) is 5.91 Å². The number of para-hydroxylation sites is 2. The lowest BCUT2D eigenvalue weighted by molar-refractivity contribution is -0.114. The standard InChI is InChI=1S/C17H21N3O3S/c1-3-20(8-13-11-24-17(19-13)18-12(2)21)9-14-10-22-15-6-4-5-7-16(15)23-14/h4-7,11,14H,3,8-10H2,1-2H3,(H,18,19,21). The van der Waals surface area contributed by atoms with Crippen LogP contribution < -0.4 is 14.8 Å². The molecular formula is C17H21N3O3S. The first kappa shape index (κ1) is 16.7. The lowest BCUT2D eigenvalue weighted by Gasteiger charge is -2.30. The molecule has 0 radical (unpaired) electrons. The van der Waals surface area contributed by atoms with Crippen LogP contribution in [0.5, 0.6) is 11.5 Å². The number of nitrogens with zero attached hydrogens (tertiary/aromatic N) is 2. The lowest BCUT2D eigenvalue weighted by atomic mass is 10.2. The number of ether oxygens (including phenoxy) is 2. The largest absolute Gasteiger partial charge is 0.486 e. The third-order valence-electron chi connectivity index (χ3n) is 3.70. The number of amides is 1. The minimum atomic E-state index is -0.102. The molecule has 1 aromatic heterocycles. The Hall–Kier alpha value is -2.12. The number of anilines is 1.